The van der Waals surface area contributed by atoms with Crippen molar-refractivity contribution in [2.45, 2.75) is 38.0 Å². The zero-order valence-corrected chi connectivity index (χ0v) is 18.0. The molecule has 0 aromatic heterocycles. The SMILES string of the molecule is Clc1ccc(CN(CC2CC2)C[C@H]2CCNC2)c(Cl)c1.O=C(O)[C@H](O)[C@@H](O)C(=O)O. The van der Waals surface area contributed by atoms with E-state index in [1.807, 2.05) is 12.1 Å². The summed E-state index contributed by atoms with van der Waals surface area (Å²) in [5.41, 5.74) is 1.20. The first-order valence-electron chi connectivity index (χ1n) is 9.86. The molecule has 0 radical (unpaired) electrons. The molecule has 30 heavy (non-hydrogen) atoms. The van der Waals surface area contributed by atoms with Gasteiger partial charge in [-0.3, -0.25) is 4.90 Å². The molecular formula is C20H28Cl2N2O6. The summed E-state index contributed by atoms with van der Waals surface area (Å²) in [6.07, 6.45) is -0.438. The van der Waals surface area contributed by atoms with Gasteiger partial charge in [-0.1, -0.05) is 29.3 Å². The summed E-state index contributed by atoms with van der Waals surface area (Å²) in [5, 5.41) is 37.5. The third-order valence-electron chi connectivity index (χ3n) is 5.11. The zero-order valence-electron chi connectivity index (χ0n) is 16.5. The van der Waals surface area contributed by atoms with Gasteiger partial charge in [0, 0.05) is 29.7 Å². The molecule has 1 saturated carbocycles. The van der Waals surface area contributed by atoms with Crippen LogP contribution in [0.3, 0.4) is 0 Å². The highest BCUT2D eigenvalue weighted by Crippen LogP contribution is 2.31. The van der Waals surface area contributed by atoms with E-state index in [0.717, 1.165) is 29.9 Å². The Balaban J connectivity index is 0.000000274. The molecule has 2 fully saturated rings. The van der Waals surface area contributed by atoms with Crippen LogP contribution >= 0.6 is 23.2 Å². The Kier molecular flexibility index (Phi) is 9.80. The first-order chi connectivity index (χ1) is 14.2. The van der Waals surface area contributed by atoms with Crippen LogP contribution in [0, 0.1) is 11.8 Å². The lowest BCUT2D eigenvalue weighted by atomic mass is 10.1. The minimum absolute atomic E-state index is 0.715. The minimum Gasteiger partial charge on any atom is -0.479 e. The number of nitrogens with zero attached hydrogens (tertiary/aromatic N) is 1. The maximum Gasteiger partial charge on any atom is 0.335 e. The minimum atomic E-state index is -2.27. The normalized spacial score (nSPS) is 20.4. The Bertz CT molecular complexity index is 707. The number of hydrogen-bond acceptors (Lipinski definition) is 6. The number of carbonyl (C=O) groups is 2. The van der Waals surface area contributed by atoms with Crippen LogP contribution in [0.2, 0.25) is 10.0 Å². The van der Waals surface area contributed by atoms with E-state index >= 15 is 0 Å². The van der Waals surface area contributed by atoms with Gasteiger partial charge in [-0.25, -0.2) is 9.59 Å². The van der Waals surface area contributed by atoms with Crippen molar-refractivity contribution in [1.29, 1.82) is 0 Å². The topological polar surface area (TPSA) is 130 Å². The lowest BCUT2D eigenvalue weighted by Gasteiger charge is -2.25. The van der Waals surface area contributed by atoms with Crippen molar-refractivity contribution >= 4 is 35.1 Å². The molecule has 1 aliphatic carbocycles. The summed E-state index contributed by atoms with van der Waals surface area (Å²) >= 11 is 12.3. The van der Waals surface area contributed by atoms with Crippen LogP contribution in [0.25, 0.3) is 0 Å². The molecule has 168 valence electrons. The maximum atomic E-state index is 9.77. The molecule has 3 atom stereocenters. The number of aliphatic carboxylic acids is 2. The van der Waals surface area contributed by atoms with Crippen LogP contribution in [0.1, 0.15) is 24.8 Å². The average molecular weight is 463 g/mol. The molecule has 0 amide bonds. The monoisotopic (exact) mass is 462 g/mol. The number of carboxylic acids is 2. The van der Waals surface area contributed by atoms with Crippen molar-refractivity contribution in [2.24, 2.45) is 11.8 Å². The second-order valence-corrected chi connectivity index (χ2v) is 8.64. The molecule has 1 saturated heterocycles. The highest BCUT2D eigenvalue weighted by molar-refractivity contribution is 6.35. The van der Waals surface area contributed by atoms with E-state index in [0.29, 0.717) is 5.02 Å². The van der Waals surface area contributed by atoms with Crippen LogP contribution < -0.4 is 5.32 Å². The van der Waals surface area contributed by atoms with Gasteiger partial charge in [0.1, 0.15) is 0 Å². The first-order valence-corrected chi connectivity index (χ1v) is 10.6. The third-order valence-corrected chi connectivity index (χ3v) is 5.69. The summed E-state index contributed by atoms with van der Waals surface area (Å²) < 4.78 is 0. The van der Waals surface area contributed by atoms with Gasteiger partial charge in [-0.15, -0.1) is 0 Å². The average Bonchev–Trinajstić information content (AvgIpc) is 3.35. The molecule has 0 unspecified atom stereocenters. The number of benzene rings is 1. The second kappa shape index (κ2) is 11.8. The number of aliphatic hydroxyl groups excluding tert-OH is 2. The lowest BCUT2D eigenvalue weighted by molar-refractivity contribution is -0.165. The Morgan fingerprint density at radius 1 is 1.03 bits per heavy atom. The van der Waals surface area contributed by atoms with E-state index in [2.05, 4.69) is 16.3 Å². The fraction of sp³-hybridized carbons (Fsp3) is 0.600. The Morgan fingerprint density at radius 2 is 1.63 bits per heavy atom. The molecule has 3 rings (SSSR count). The number of hydrogen-bond donors (Lipinski definition) is 5. The second-order valence-electron chi connectivity index (χ2n) is 7.80. The molecule has 0 bridgehead atoms. The van der Waals surface area contributed by atoms with Crippen molar-refractivity contribution in [3.63, 3.8) is 0 Å². The van der Waals surface area contributed by atoms with Gasteiger partial charge < -0.3 is 25.7 Å². The van der Waals surface area contributed by atoms with Crippen LogP contribution in [-0.2, 0) is 16.1 Å². The predicted molar refractivity (Wildman–Crippen MR) is 113 cm³/mol. The smallest absolute Gasteiger partial charge is 0.335 e. The summed E-state index contributed by atoms with van der Waals surface area (Å²) in [5.74, 6) is -1.83. The Labute approximate surface area is 185 Å². The zero-order chi connectivity index (χ0) is 22.3. The first kappa shape index (κ1) is 24.8. The largest absolute Gasteiger partial charge is 0.479 e. The highest BCUT2D eigenvalue weighted by atomic mass is 35.5. The number of nitrogens with one attached hydrogen (secondary N) is 1. The number of carboxylic acid groups (broad SMARTS) is 2. The van der Waals surface area contributed by atoms with Gasteiger partial charge >= 0.3 is 11.9 Å². The summed E-state index contributed by atoms with van der Waals surface area (Å²) in [4.78, 5) is 22.1. The van der Waals surface area contributed by atoms with E-state index in [-0.39, 0.29) is 0 Å². The van der Waals surface area contributed by atoms with Gasteiger partial charge in [0.15, 0.2) is 12.2 Å². The molecule has 8 nitrogen and oxygen atoms in total. The van der Waals surface area contributed by atoms with E-state index in [4.69, 9.17) is 43.6 Å². The Morgan fingerprint density at radius 3 is 2.10 bits per heavy atom. The fourth-order valence-corrected chi connectivity index (χ4v) is 3.73. The number of rotatable bonds is 9. The molecule has 5 N–H and O–H groups in total. The summed E-state index contributed by atoms with van der Waals surface area (Å²) in [7, 11) is 0. The molecule has 1 aromatic carbocycles. The lowest BCUT2D eigenvalue weighted by Crippen LogP contribution is -2.39. The molecular weight excluding hydrogens is 435 g/mol. The van der Waals surface area contributed by atoms with Crippen molar-refractivity contribution in [3.05, 3.63) is 33.8 Å². The third kappa shape index (κ3) is 8.37. The van der Waals surface area contributed by atoms with Crippen molar-refractivity contribution in [3.8, 4) is 0 Å². The molecule has 1 aliphatic heterocycles. The van der Waals surface area contributed by atoms with Crippen molar-refractivity contribution < 1.29 is 30.0 Å². The molecule has 1 heterocycles. The fourth-order valence-electron chi connectivity index (χ4n) is 3.27. The molecule has 0 spiro atoms. The van der Waals surface area contributed by atoms with E-state index < -0.39 is 24.1 Å². The van der Waals surface area contributed by atoms with Crippen molar-refractivity contribution in [2.75, 3.05) is 26.2 Å². The van der Waals surface area contributed by atoms with E-state index in [1.165, 1.54) is 44.5 Å². The van der Waals surface area contributed by atoms with Crippen LogP contribution in [-0.4, -0.2) is 75.7 Å². The molecule has 10 heteroatoms. The molecule has 2 aliphatic rings. The van der Waals surface area contributed by atoms with Gasteiger partial charge in [-0.2, -0.15) is 0 Å². The van der Waals surface area contributed by atoms with Crippen molar-refractivity contribution in [1.82, 2.24) is 10.2 Å². The van der Waals surface area contributed by atoms with E-state index in [1.54, 1.807) is 0 Å². The highest BCUT2D eigenvalue weighted by Gasteiger charge is 2.29. The van der Waals surface area contributed by atoms with Gasteiger partial charge in [0.05, 0.1) is 0 Å². The standard InChI is InChI=1S/C16H22Cl2N2.C4H6O6/c17-15-4-3-14(16(18)7-15)11-20(9-12-1-2-12)10-13-5-6-19-8-13;5-1(3(7)8)2(6)4(9)10/h3-4,7,12-13,19H,1-2,5-6,8-11H2;1-2,5-6H,(H,7,8)(H,9,10)/t13-;1-,2-/m01/s1. The molecule has 1 aromatic rings. The van der Waals surface area contributed by atoms with Gasteiger partial charge in [-0.05, 0) is 61.9 Å². The predicted octanol–water partition coefficient (Wildman–Crippen LogP) is 1.69. The summed E-state index contributed by atoms with van der Waals surface area (Å²) in [6, 6.07) is 5.86. The number of halogens is 2. The quantitative estimate of drug-likeness (QED) is 0.374. The maximum absolute atomic E-state index is 9.77. The van der Waals surface area contributed by atoms with Gasteiger partial charge in [0.2, 0.25) is 0 Å². The van der Waals surface area contributed by atoms with Crippen LogP contribution in [0.5, 0.6) is 0 Å². The van der Waals surface area contributed by atoms with Crippen LogP contribution in [0.15, 0.2) is 18.2 Å². The number of aliphatic hydroxyl groups is 2. The van der Waals surface area contributed by atoms with E-state index in [9.17, 15) is 9.59 Å². The Hall–Kier alpha value is -1.42. The van der Waals surface area contributed by atoms with Crippen LogP contribution in [0.4, 0.5) is 0 Å². The van der Waals surface area contributed by atoms with Gasteiger partial charge in [0.25, 0.3) is 0 Å². The summed E-state index contributed by atoms with van der Waals surface area (Å²) in [6.45, 7) is 5.68.